The molecule has 0 fully saturated rings. The zero-order valence-corrected chi connectivity index (χ0v) is 41.0. The Morgan fingerprint density at radius 2 is 0.970 bits per heavy atom. The lowest BCUT2D eigenvalue weighted by Gasteiger charge is -2.24. The van der Waals surface area contributed by atoms with Crippen LogP contribution in [0.3, 0.4) is 0 Å². The van der Waals surface area contributed by atoms with Gasteiger partial charge in [-0.2, -0.15) is 0 Å². The quantitative estimate of drug-likeness (QED) is 0.0302. The minimum absolute atomic E-state index is 0.0768. The molecule has 0 spiro atoms. The number of methoxy groups -OCH3 is 1. The van der Waals surface area contributed by atoms with Gasteiger partial charge < -0.3 is 73.5 Å². The molecule has 0 aromatic rings. The van der Waals surface area contributed by atoms with Crippen molar-refractivity contribution in [3.05, 3.63) is 0 Å². The van der Waals surface area contributed by atoms with Crippen LogP contribution in [0.5, 0.6) is 0 Å². The molecule has 4 atom stereocenters. The van der Waals surface area contributed by atoms with Crippen molar-refractivity contribution in [2.75, 3.05) is 112 Å². The summed E-state index contributed by atoms with van der Waals surface area (Å²) in [6, 6.07) is -2.99. The summed E-state index contributed by atoms with van der Waals surface area (Å²) < 4.78 is 15.8. The first-order valence-electron chi connectivity index (χ1n) is 24.3. The molecule has 0 saturated heterocycles. The van der Waals surface area contributed by atoms with Crippen LogP contribution in [0.4, 0.5) is 0 Å². The average molecular weight is 958 g/mol. The number of amides is 7. The first kappa shape index (κ1) is 62.7. The highest BCUT2D eigenvalue weighted by Crippen LogP contribution is 2.14. The van der Waals surface area contributed by atoms with Crippen molar-refractivity contribution in [3.8, 4) is 0 Å². The molecule has 0 aliphatic heterocycles. The minimum Gasteiger partial charge on any atom is -0.382 e. The second-order valence-electron chi connectivity index (χ2n) is 16.3. The molecule has 0 bridgehead atoms. The summed E-state index contributed by atoms with van der Waals surface area (Å²) in [5, 5.41) is 24.9. The SMILES string of the molecule is CCCCCCNC(=O)CC(NC(=O)CC(C)C(=O)NCCCCCC)C(=O)NC(CC(=O)CC(CC(=O)NCCNCCN)C(=O)NCCOCCOCCOC)C(=O)NCCNCCN. The molecule has 22 heteroatoms. The summed E-state index contributed by atoms with van der Waals surface area (Å²) in [7, 11) is 1.56. The molecule has 0 rings (SSSR count). The predicted octanol–water partition coefficient (Wildman–Crippen LogP) is -1.75. The van der Waals surface area contributed by atoms with Crippen LogP contribution in [0.25, 0.3) is 0 Å². The van der Waals surface area contributed by atoms with E-state index in [1.165, 1.54) is 0 Å². The summed E-state index contributed by atoms with van der Waals surface area (Å²) >= 11 is 0. The number of carbonyl (C=O) groups excluding carboxylic acids is 8. The average Bonchev–Trinajstić information content (AvgIpc) is 3.29. The molecule has 0 aliphatic carbocycles. The molecule has 0 radical (unpaired) electrons. The van der Waals surface area contributed by atoms with Gasteiger partial charge in [0.25, 0.3) is 0 Å². The van der Waals surface area contributed by atoms with E-state index in [4.69, 9.17) is 25.7 Å². The van der Waals surface area contributed by atoms with E-state index in [9.17, 15) is 38.4 Å². The maximum Gasteiger partial charge on any atom is 0.243 e. The molecular weight excluding hydrogens is 871 g/mol. The van der Waals surface area contributed by atoms with Crippen LogP contribution in [-0.2, 0) is 52.6 Å². The highest BCUT2D eigenvalue weighted by molar-refractivity contribution is 5.98. The van der Waals surface area contributed by atoms with Gasteiger partial charge in [0.05, 0.1) is 45.4 Å². The van der Waals surface area contributed by atoms with E-state index in [0.29, 0.717) is 78.6 Å². The van der Waals surface area contributed by atoms with Gasteiger partial charge in [0.1, 0.15) is 17.9 Å². The van der Waals surface area contributed by atoms with Crippen molar-refractivity contribution in [2.45, 2.75) is 116 Å². The highest BCUT2D eigenvalue weighted by Gasteiger charge is 2.32. The maximum absolute atomic E-state index is 14.0. The maximum atomic E-state index is 14.0. The topological polar surface area (TPSA) is 325 Å². The number of carbonyl (C=O) groups is 8. The monoisotopic (exact) mass is 958 g/mol. The standard InChI is InChI=1S/C45H87N11O11/c1-5-7-9-11-15-50-40(59)33-38(55-41(60)29-34(3)42(61)52-16-12-10-8-6-2)45(64)56-37(44(63)53-22-20-49-18-14-47)32-36(57)30-35(31-39(58)51-21-19-48-17-13-46)43(62)54-23-24-66-27-28-67-26-25-65-4/h34-35,37-38,48-49H,5-33,46-47H2,1-4H3,(H,50,59)(H,51,58)(H,52,61)(H,53,63)(H,54,62)(H,55,60)(H,56,64). The van der Waals surface area contributed by atoms with Crippen molar-refractivity contribution in [3.63, 3.8) is 0 Å². The predicted molar refractivity (Wildman–Crippen MR) is 255 cm³/mol. The van der Waals surface area contributed by atoms with E-state index in [1.54, 1.807) is 14.0 Å². The van der Waals surface area contributed by atoms with E-state index in [-0.39, 0.29) is 51.6 Å². The van der Waals surface area contributed by atoms with Crippen LogP contribution in [0.15, 0.2) is 0 Å². The van der Waals surface area contributed by atoms with E-state index in [0.717, 1.165) is 44.9 Å². The van der Waals surface area contributed by atoms with Crippen LogP contribution < -0.4 is 59.3 Å². The highest BCUT2D eigenvalue weighted by atomic mass is 16.5. The third-order valence-corrected chi connectivity index (χ3v) is 10.2. The van der Waals surface area contributed by atoms with Gasteiger partial charge in [-0.15, -0.1) is 0 Å². The van der Waals surface area contributed by atoms with Crippen molar-refractivity contribution >= 4 is 47.1 Å². The Bertz CT molecular complexity index is 1400. The fourth-order valence-corrected chi connectivity index (χ4v) is 6.43. The molecule has 4 unspecified atom stereocenters. The second kappa shape index (κ2) is 43.0. The molecule has 0 aromatic heterocycles. The molecule has 13 N–H and O–H groups in total. The summed E-state index contributed by atoms with van der Waals surface area (Å²) in [6.07, 6.45) is 5.27. The number of rotatable bonds is 45. The van der Waals surface area contributed by atoms with E-state index < -0.39 is 84.4 Å². The Balaban J connectivity index is 6.24. The molecule has 0 aliphatic rings. The Hall–Kier alpha value is -4.32. The normalized spacial score (nSPS) is 12.8. The van der Waals surface area contributed by atoms with Gasteiger partial charge in [-0.05, 0) is 12.8 Å². The zero-order chi connectivity index (χ0) is 49.9. The third-order valence-electron chi connectivity index (χ3n) is 10.2. The van der Waals surface area contributed by atoms with Gasteiger partial charge >= 0.3 is 0 Å². The summed E-state index contributed by atoms with van der Waals surface area (Å²) in [5.74, 6) is -6.78. The minimum atomic E-state index is -1.51. The van der Waals surface area contributed by atoms with Crippen LogP contribution in [0.2, 0.25) is 0 Å². The number of ether oxygens (including phenoxy) is 3. The molecule has 0 heterocycles. The number of unbranched alkanes of at least 4 members (excludes halogenated alkanes) is 6. The van der Waals surface area contributed by atoms with Crippen LogP contribution >= 0.6 is 0 Å². The van der Waals surface area contributed by atoms with Gasteiger partial charge in [-0.25, -0.2) is 0 Å². The fourth-order valence-electron chi connectivity index (χ4n) is 6.43. The van der Waals surface area contributed by atoms with Gasteiger partial charge in [0.15, 0.2) is 0 Å². The lowest BCUT2D eigenvalue weighted by atomic mass is 9.94. The molecule has 7 amide bonds. The Morgan fingerprint density at radius 3 is 1.58 bits per heavy atom. The fraction of sp³-hybridized carbons (Fsp3) is 0.822. The summed E-state index contributed by atoms with van der Waals surface area (Å²) in [4.78, 5) is 107. The van der Waals surface area contributed by atoms with Crippen LogP contribution in [0.1, 0.15) is 104 Å². The number of hydrogen-bond acceptors (Lipinski definition) is 15. The number of nitrogens with two attached hydrogens (primary N) is 2. The number of Topliss-reactive ketones (excluding diaryl/α,β-unsaturated/α-hetero) is 1. The van der Waals surface area contributed by atoms with Gasteiger partial charge in [0, 0.05) is 111 Å². The number of nitrogens with one attached hydrogen (secondary N) is 9. The number of ketones is 1. The molecule has 22 nitrogen and oxygen atoms in total. The summed E-state index contributed by atoms with van der Waals surface area (Å²) in [5.41, 5.74) is 11.1. The van der Waals surface area contributed by atoms with Crippen molar-refractivity contribution < 1.29 is 52.6 Å². The van der Waals surface area contributed by atoms with Crippen molar-refractivity contribution in [1.82, 2.24) is 47.9 Å². The summed E-state index contributed by atoms with van der Waals surface area (Å²) in [6.45, 7) is 11.1. The smallest absolute Gasteiger partial charge is 0.243 e. The van der Waals surface area contributed by atoms with E-state index >= 15 is 0 Å². The van der Waals surface area contributed by atoms with E-state index in [1.807, 2.05) is 0 Å². The third kappa shape index (κ3) is 35.5. The molecular formula is C45H87N11O11. The molecule has 0 aromatic carbocycles. The zero-order valence-electron chi connectivity index (χ0n) is 41.0. The Kier molecular flexibility index (Phi) is 40.2. The lowest BCUT2D eigenvalue weighted by molar-refractivity contribution is -0.136. The number of hydrogen-bond donors (Lipinski definition) is 11. The van der Waals surface area contributed by atoms with Gasteiger partial charge in [0.2, 0.25) is 41.4 Å². The van der Waals surface area contributed by atoms with E-state index in [2.05, 4.69) is 61.7 Å². The first-order chi connectivity index (χ1) is 32.3. The van der Waals surface area contributed by atoms with Crippen molar-refractivity contribution in [1.29, 1.82) is 0 Å². The molecule has 388 valence electrons. The van der Waals surface area contributed by atoms with Gasteiger partial charge in [-0.3, -0.25) is 38.4 Å². The Morgan fingerprint density at radius 1 is 0.448 bits per heavy atom. The van der Waals surface area contributed by atoms with Crippen molar-refractivity contribution in [2.24, 2.45) is 23.3 Å². The lowest BCUT2D eigenvalue weighted by Crippen LogP contribution is -2.56. The van der Waals surface area contributed by atoms with Crippen LogP contribution in [0, 0.1) is 11.8 Å². The Labute approximate surface area is 398 Å². The second-order valence-corrected chi connectivity index (χ2v) is 16.3. The first-order valence-corrected chi connectivity index (χ1v) is 24.3. The van der Waals surface area contributed by atoms with Gasteiger partial charge in [-0.1, -0.05) is 59.3 Å². The molecule has 67 heavy (non-hydrogen) atoms. The molecule has 0 saturated carbocycles. The largest absolute Gasteiger partial charge is 0.382 e. The van der Waals surface area contributed by atoms with Crippen LogP contribution in [-0.4, -0.2) is 171 Å².